The first-order chi connectivity index (χ1) is 13.1. The van der Waals surface area contributed by atoms with Crippen molar-refractivity contribution >= 4 is 17.1 Å². The van der Waals surface area contributed by atoms with E-state index >= 15 is 0 Å². The summed E-state index contributed by atoms with van der Waals surface area (Å²) in [5.41, 5.74) is 8.67. The van der Waals surface area contributed by atoms with Crippen LogP contribution in [0.5, 0.6) is 5.88 Å². The largest absolute Gasteiger partial charge is 0.479 e. The maximum Gasteiger partial charge on any atom is 0.243 e. The van der Waals surface area contributed by atoms with E-state index in [9.17, 15) is 4.39 Å². The summed E-state index contributed by atoms with van der Waals surface area (Å²) in [5, 5.41) is 7.10. The number of nitrogens with zero attached hydrogens (tertiary/aromatic N) is 5. The van der Waals surface area contributed by atoms with Gasteiger partial charge < -0.3 is 19.6 Å². The number of rotatable bonds is 4. The standard InChI is InChI=1S/C17H16FN7O2/c1-20-16-14(27-16)10-5-21-11-4-3-8(6-24(10)11)12-9(18)7-25-13(12)15(26-2)22-17(19)23-25/h3-7,14,16,20H,1-2H3,(H2,19,23). The Labute approximate surface area is 152 Å². The Hall–Kier alpha value is -3.24. The zero-order valence-corrected chi connectivity index (χ0v) is 14.5. The van der Waals surface area contributed by atoms with E-state index in [1.54, 1.807) is 12.3 Å². The van der Waals surface area contributed by atoms with E-state index in [0.717, 1.165) is 11.3 Å². The molecule has 1 saturated heterocycles. The highest BCUT2D eigenvalue weighted by atomic mass is 19.1. The Morgan fingerprint density at radius 1 is 1.33 bits per heavy atom. The van der Waals surface area contributed by atoms with Crippen LogP contribution in [0.15, 0.2) is 30.7 Å². The van der Waals surface area contributed by atoms with Gasteiger partial charge in [-0.1, -0.05) is 0 Å². The molecular formula is C17H16FN7O2. The predicted octanol–water partition coefficient (Wildman–Crippen LogP) is 1.39. The van der Waals surface area contributed by atoms with Crippen molar-refractivity contribution in [3.05, 3.63) is 42.2 Å². The van der Waals surface area contributed by atoms with Gasteiger partial charge in [0.1, 0.15) is 23.5 Å². The SMILES string of the molecule is CNC1OC1c1cnc2ccc(-c3c(F)cn4nc(N)nc(OC)c34)cn12. The molecule has 5 heterocycles. The first-order valence-electron chi connectivity index (χ1n) is 8.29. The Kier molecular flexibility index (Phi) is 3.33. The van der Waals surface area contributed by atoms with Crippen molar-refractivity contribution in [2.75, 3.05) is 19.9 Å². The van der Waals surface area contributed by atoms with Crippen molar-refractivity contribution in [2.45, 2.75) is 12.3 Å². The maximum absolute atomic E-state index is 14.8. The number of halogens is 1. The molecule has 1 aliphatic rings. The molecule has 0 spiro atoms. The number of hydrogen-bond acceptors (Lipinski definition) is 7. The number of nitrogen functional groups attached to an aromatic ring is 1. The number of aromatic nitrogens is 5. The fraction of sp³-hybridized carbons (Fsp3) is 0.235. The van der Waals surface area contributed by atoms with Crippen LogP contribution in [-0.4, -0.2) is 44.4 Å². The molecule has 4 aromatic rings. The van der Waals surface area contributed by atoms with E-state index in [1.165, 1.54) is 17.8 Å². The summed E-state index contributed by atoms with van der Waals surface area (Å²) in [6.07, 6.45) is 4.70. The van der Waals surface area contributed by atoms with Gasteiger partial charge in [0.25, 0.3) is 0 Å². The second-order valence-corrected chi connectivity index (χ2v) is 6.22. The molecule has 0 aromatic carbocycles. The summed E-state index contributed by atoms with van der Waals surface area (Å²) < 4.78 is 28.9. The van der Waals surface area contributed by atoms with Gasteiger partial charge in [-0.3, -0.25) is 5.32 Å². The van der Waals surface area contributed by atoms with Gasteiger partial charge in [-0.05, 0) is 19.2 Å². The molecule has 4 aromatic heterocycles. The number of nitrogens with two attached hydrogens (primary N) is 1. The molecule has 0 amide bonds. The smallest absolute Gasteiger partial charge is 0.243 e. The van der Waals surface area contributed by atoms with Crippen LogP contribution in [-0.2, 0) is 4.74 Å². The molecular weight excluding hydrogens is 353 g/mol. The van der Waals surface area contributed by atoms with Gasteiger partial charge in [-0.2, -0.15) is 4.98 Å². The number of anilines is 1. The van der Waals surface area contributed by atoms with Crippen molar-refractivity contribution in [1.29, 1.82) is 0 Å². The van der Waals surface area contributed by atoms with Crippen LogP contribution in [0.1, 0.15) is 11.8 Å². The monoisotopic (exact) mass is 369 g/mol. The van der Waals surface area contributed by atoms with E-state index in [4.69, 9.17) is 15.2 Å². The third-order valence-corrected chi connectivity index (χ3v) is 4.65. The summed E-state index contributed by atoms with van der Waals surface area (Å²) in [7, 11) is 3.29. The van der Waals surface area contributed by atoms with E-state index in [0.29, 0.717) is 16.6 Å². The molecule has 1 aliphatic heterocycles. The summed E-state index contributed by atoms with van der Waals surface area (Å²) in [6, 6.07) is 3.62. The lowest BCUT2D eigenvalue weighted by Gasteiger charge is -2.07. The zero-order valence-electron chi connectivity index (χ0n) is 14.5. The highest BCUT2D eigenvalue weighted by Gasteiger charge is 2.41. The number of methoxy groups -OCH3 is 1. The van der Waals surface area contributed by atoms with Crippen LogP contribution in [0.3, 0.4) is 0 Å². The maximum atomic E-state index is 14.8. The molecule has 3 N–H and O–H groups in total. The summed E-state index contributed by atoms with van der Waals surface area (Å²) >= 11 is 0. The molecule has 2 unspecified atom stereocenters. The van der Waals surface area contributed by atoms with Crippen LogP contribution in [0.2, 0.25) is 0 Å². The Morgan fingerprint density at radius 3 is 2.93 bits per heavy atom. The summed E-state index contributed by atoms with van der Waals surface area (Å²) in [5.74, 6) is -0.254. The minimum Gasteiger partial charge on any atom is -0.479 e. The number of epoxide rings is 1. The van der Waals surface area contributed by atoms with Crippen molar-refractivity contribution in [2.24, 2.45) is 0 Å². The molecule has 0 saturated carbocycles. The topological polar surface area (TPSA) is 107 Å². The van der Waals surface area contributed by atoms with Crippen molar-refractivity contribution in [3.8, 4) is 17.0 Å². The molecule has 2 atom stereocenters. The van der Waals surface area contributed by atoms with Crippen LogP contribution in [0.25, 0.3) is 22.3 Å². The second kappa shape index (κ2) is 5.63. The molecule has 10 heteroatoms. The van der Waals surface area contributed by atoms with Gasteiger partial charge >= 0.3 is 0 Å². The van der Waals surface area contributed by atoms with Crippen LogP contribution >= 0.6 is 0 Å². The van der Waals surface area contributed by atoms with Crippen LogP contribution in [0.4, 0.5) is 10.3 Å². The lowest BCUT2D eigenvalue weighted by atomic mass is 10.1. The number of nitrogens with one attached hydrogen (secondary N) is 1. The van der Waals surface area contributed by atoms with Crippen molar-refractivity contribution in [1.82, 2.24) is 29.3 Å². The second-order valence-electron chi connectivity index (χ2n) is 6.22. The fourth-order valence-corrected chi connectivity index (χ4v) is 3.37. The van der Waals surface area contributed by atoms with Crippen LogP contribution in [0, 0.1) is 5.82 Å². The minimum absolute atomic E-state index is 0.00256. The van der Waals surface area contributed by atoms with E-state index in [-0.39, 0.29) is 24.2 Å². The Balaban J connectivity index is 1.72. The molecule has 1 fully saturated rings. The molecule has 0 radical (unpaired) electrons. The van der Waals surface area contributed by atoms with Crippen molar-refractivity contribution in [3.63, 3.8) is 0 Å². The van der Waals surface area contributed by atoms with Gasteiger partial charge in [-0.25, -0.2) is 13.9 Å². The third kappa shape index (κ3) is 2.34. The zero-order chi connectivity index (χ0) is 18.7. The highest BCUT2D eigenvalue weighted by molar-refractivity contribution is 5.85. The van der Waals surface area contributed by atoms with Gasteiger partial charge in [0, 0.05) is 11.8 Å². The van der Waals surface area contributed by atoms with Gasteiger partial charge in [-0.15, -0.1) is 5.10 Å². The Bertz CT molecular complexity index is 1190. The summed E-state index contributed by atoms with van der Waals surface area (Å²) in [6.45, 7) is 0. The molecule has 5 rings (SSSR count). The quantitative estimate of drug-likeness (QED) is 0.524. The number of ether oxygens (including phenoxy) is 2. The number of fused-ring (bicyclic) bond motifs is 2. The van der Waals surface area contributed by atoms with Crippen LogP contribution < -0.4 is 15.8 Å². The van der Waals surface area contributed by atoms with Gasteiger partial charge in [0.15, 0.2) is 5.82 Å². The first kappa shape index (κ1) is 16.0. The number of likely N-dealkylation sites (N-methyl/N-ethyl adjacent to an activating group) is 1. The molecule has 9 nitrogen and oxygen atoms in total. The predicted molar refractivity (Wildman–Crippen MR) is 94.8 cm³/mol. The average Bonchev–Trinajstić information content (AvgIpc) is 3.20. The van der Waals surface area contributed by atoms with Gasteiger partial charge in [0.05, 0.1) is 30.8 Å². The summed E-state index contributed by atoms with van der Waals surface area (Å²) in [4.78, 5) is 8.45. The fourth-order valence-electron chi connectivity index (χ4n) is 3.37. The molecule has 138 valence electrons. The average molecular weight is 369 g/mol. The van der Waals surface area contributed by atoms with E-state index < -0.39 is 5.82 Å². The lowest BCUT2D eigenvalue weighted by Crippen LogP contribution is -2.11. The number of imidazole rings is 1. The lowest BCUT2D eigenvalue weighted by molar-refractivity contribution is 0.354. The normalized spacial score (nSPS) is 19.1. The minimum atomic E-state index is -0.454. The van der Waals surface area contributed by atoms with E-state index in [1.807, 2.05) is 23.7 Å². The van der Waals surface area contributed by atoms with E-state index in [2.05, 4.69) is 20.4 Å². The van der Waals surface area contributed by atoms with Gasteiger partial charge in [0.2, 0.25) is 11.8 Å². The number of pyridine rings is 1. The Morgan fingerprint density at radius 2 is 2.19 bits per heavy atom. The molecule has 27 heavy (non-hydrogen) atoms. The first-order valence-corrected chi connectivity index (χ1v) is 8.29. The molecule has 0 aliphatic carbocycles. The van der Waals surface area contributed by atoms with Crippen molar-refractivity contribution < 1.29 is 13.9 Å². The highest BCUT2D eigenvalue weighted by Crippen LogP contribution is 2.38. The molecule has 0 bridgehead atoms. The third-order valence-electron chi connectivity index (χ3n) is 4.65. The number of hydrogen-bond donors (Lipinski definition) is 2.